The summed E-state index contributed by atoms with van der Waals surface area (Å²) >= 11 is 0. The number of aromatic nitrogens is 1. The molecule has 7 nitrogen and oxygen atoms in total. The molecule has 0 spiro atoms. The highest BCUT2D eigenvalue weighted by Gasteiger charge is 2.22. The van der Waals surface area contributed by atoms with E-state index >= 15 is 0 Å². The van der Waals surface area contributed by atoms with Crippen LogP contribution in [0.5, 0.6) is 0 Å². The van der Waals surface area contributed by atoms with Gasteiger partial charge in [-0.25, -0.2) is 13.4 Å². The maximum atomic E-state index is 12.6. The third-order valence-corrected chi connectivity index (χ3v) is 5.48. The molecule has 0 unspecified atom stereocenters. The van der Waals surface area contributed by atoms with E-state index in [1.807, 2.05) is 13.8 Å². The summed E-state index contributed by atoms with van der Waals surface area (Å²) in [7, 11) is -3.74. The normalized spacial score (nSPS) is 13.3. The minimum absolute atomic E-state index is 0.121. The van der Waals surface area contributed by atoms with Crippen LogP contribution in [0.1, 0.15) is 19.4 Å². The summed E-state index contributed by atoms with van der Waals surface area (Å²) in [6, 6.07) is 8.08. The minimum atomic E-state index is -3.74. The molecule has 0 bridgehead atoms. The molecule has 132 valence electrons. The van der Waals surface area contributed by atoms with Crippen LogP contribution >= 0.6 is 0 Å². The first-order chi connectivity index (χ1) is 11.9. The summed E-state index contributed by atoms with van der Waals surface area (Å²) in [6.07, 6.45) is 1.70. The Morgan fingerprint density at radius 1 is 1.20 bits per heavy atom. The summed E-state index contributed by atoms with van der Waals surface area (Å²) in [4.78, 5) is 17.9. The molecule has 2 N–H and O–H groups in total. The van der Waals surface area contributed by atoms with E-state index < -0.39 is 10.0 Å². The number of rotatable bonds is 6. The van der Waals surface area contributed by atoms with E-state index in [9.17, 15) is 13.2 Å². The van der Waals surface area contributed by atoms with Crippen molar-refractivity contribution in [3.8, 4) is 0 Å². The van der Waals surface area contributed by atoms with Gasteiger partial charge < -0.3 is 10.2 Å². The first kappa shape index (κ1) is 17.2. The second-order valence-corrected chi connectivity index (χ2v) is 7.41. The minimum Gasteiger partial charge on any atom is -0.357 e. The molecule has 1 aliphatic rings. The van der Waals surface area contributed by atoms with Crippen LogP contribution in [-0.4, -0.2) is 32.4 Å². The van der Waals surface area contributed by atoms with Crippen molar-refractivity contribution in [1.29, 1.82) is 0 Å². The lowest BCUT2D eigenvalue weighted by Crippen LogP contribution is -2.23. The second kappa shape index (κ2) is 6.72. The summed E-state index contributed by atoms with van der Waals surface area (Å²) in [5.41, 5.74) is 1.74. The molecule has 1 aliphatic heterocycles. The number of carbonyl (C=O) groups excluding carboxylic acids is 1. The molecule has 2 heterocycles. The standard InChI is InChI=1S/C17H20N4O3S/c1-3-21(4-2)16-8-5-13(11-18-16)20-25(23,24)14-6-7-15-12(9-14)10-17(22)19-15/h5-9,11,20H,3-4,10H2,1-2H3,(H,19,22). The molecule has 2 aromatic rings. The van der Waals surface area contributed by atoms with E-state index in [2.05, 4.69) is 19.9 Å². The fraction of sp³-hybridized carbons (Fsp3) is 0.294. The lowest BCUT2D eigenvalue weighted by atomic mass is 10.2. The molecular formula is C17H20N4O3S. The molecule has 0 saturated heterocycles. The maximum absolute atomic E-state index is 12.6. The van der Waals surface area contributed by atoms with Gasteiger partial charge in [-0.15, -0.1) is 0 Å². The van der Waals surface area contributed by atoms with E-state index in [1.54, 1.807) is 18.2 Å². The Balaban J connectivity index is 1.80. The largest absolute Gasteiger partial charge is 0.357 e. The van der Waals surface area contributed by atoms with E-state index in [0.717, 1.165) is 18.9 Å². The van der Waals surface area contributed by atoms with Crippen molar-refractivity contribution in [1.82, 2.24) is 4.98 Å². The molecule has 0 aliphatic carbocycles. The number of hydrogen-bond donors (Lipinski definition) is 2. The zero-order chi connectivity index (χ0) is 18.0. The van der Waals surface area contributed by atoms with Crippen molar-refractivity contribution < 1.29 is 13.2 Å². The predicted molar refractivity (Wildman–Crippen MR) is 97.4 cm³/mol. The molecule has 1 aromatic heterocycles. The zero-order valence-corrected chi connectivity index (χ0v) is 14.9. The molecular weight excluding hydrogens is 340 g/mol. The van der Waals surface area contributed by atoms with Gasteiger partial charge in [0.25, 0.3) is 10.0 Å². The number of anilines is 3. The van der Waals surface area contributed by atoms with Gasteiger partial charge in [0.2, 0.25) is 5.91 Å². The molecule has 0 fully saturated rings. The van der Waals surface area contributed by atoms with E-state index in [0.29, 0.717) is 16.9 Å². The molecule has 0 saturated carbocycles. The van der Waals surface area contributed by atoms with Gasteiger partial charge in [0.1, 0.15) is 5.82 Å². The summed E-state index contributed by atoms with van der Waals surface area (Å²) < 4.78 is 27.6. The van der Waals surface area contributed by atoms with Gasteiger partial charge in [-0.3, -0.25) is 9.52 Å². The van der Waals surface area contributed by atoms with Gasteiger partial charge in [0.05, 0.1) is 23.2 Å². The van der Waals surface area contributed by atoms with Crippen LogP contribution in [0.2, 0.25) is 0 Å². The molecule has 8 heteroatoms. The van der Waals surface area contributed by atoms with Crippen molar-refractivity contribution >= 4 is 33.1 Å². The molecule has 0 atom stereocenters. The number of nitrogens with one attached hydrogen (secondary N) is 2. The summed E-state index contributed by atoms with van der Waals surface area (Å²) in [5, 5.41) is 2.68. The van der Waals surface area contributed by atoms with E-state index in [1.165, 1.54) is 18.3 Å². The van der Waals surface area contributed by atoms with Crippen molar-refractivity contribution in [3.05, 3.63) is 42.1 Å². The Morgan fingerprint density at radius 2 is 1.96 bits per heavy atom. The quantitative estimate of drug-likeness (QED) is 0.824. The maximum Gasteiger partial charge on any atom is 0.261 e. The Hall–Kier alpha value is -2.61. The van der Waals surface area contributed by atoms with Crippen molar-refractivity contribution in [3.63, 3.8) is 0 Å². The van der Waals surface area contributed by atoms with Crippen molar-refractivity contribution in [2.45, 2.75) is 25.2 Å². The predicted octanol–water partition coefficient (Wildman–Crippen LogP) is 2.22. The fourth-order valence-corrected chi connectivity index (χ4v) is 3.86. The first-order valence-electron chi connectivity index (χ1n) is 8.09. The van der Waals surface area contributed by atoms with Gasteiger partial charge in [-0.05, 0) is 49.7 Å². The van der Waals surface area contributed by atoms with Crippen LogP contribution in [0.3, 0.4) is 0 Å². The SMILES string of the molecule is CCN(CC)c1ccc(NS(=O)(=O)c2ccc3c(c2)CC(=O)N3)cn1. The van der Waals surface area contributed by atoms with Gasteiger partial charge in [0.15, 0.2) is 0 Å². The average Bonchev–Trinajstić information content (AvgIpc) is 2.96. The van der Waals surface area contributed by atoms with Crippen LogP contribution < -0.4 is 14.9 Å². The smallest absolute Gasteiger partial charge is 0.261 e. The summed E-state index contributed by atoms with van der Waals surface area (Å²) in [5.74, 6) is 0.670. The van der Waals surface area contributed by atoms with Crippen LogP contribution in [-0.2, 0) is 21.2 Å². The Bertz CT molecular complexity index is 891. The van der Waals surface area contributed by atoms with Gasteiger partial charge in [-0.1, -0.05) is 0 Å². The van der Waals surface area contributed by atoms with Crippen molar-refractivity contribution in [2.75, 3.05) is 28.0 Å². The topological polar surface area (TPSA) is 91.4 Å². The van der Waals surface area contributed by atoms with E-state index in [-0.39, 0.29) is 17.2 Å². The molecule has 1 aromatic carbocycles. The molecule has 3 rings (SSSR count). The van der Waals surface area contributed by atoms with Crippen LogP contribution in [0.25, 0.3) is 0 Å². The average molecular weight is 360 g/mol. The summed E-state index contributed by atoms with van der Waals surface area (Å²) in [6.45, 7) is 5.73. The number of benzene rings is 1. The molecule has 0 radical (unpaired) electrons. The number of sulfonamides is 1. The highest BCUT2D eigenvalue weighted by atomic mass is 32.2. The number of hydrogen-bond acceptors (Lipinski definition) is 5. The van der Waals surface area contributed by atoms with E-state index in [4.69, 9.17) is 0 Å². The number of carbonyl (C=O) groups is 1. The Labute approximate surface area is 147 Å². The lowest BCUT2D eigenvalue weighted by molar-refractivity contribution is -0.115. The van der Waals surface area contributed by atoms with Crippen LogP contribution in [0.15, 0.2) is 41.4 Å². The number of fused-ring (bicyclic) bond motifs is 1. The highest BCUT2D eigenvalue weighted by molar-refractivity contribution is 7.92. The molecule has 1 amide bonds. The number of pyridine rings is 1. The number of nitrogens with zero attached hydrogens (tertiary/aromatic N) is 2. The zero-order valence-electron chi connectivity index (χ0n) is 14.1. The van der Waals surface area contributed by atoms with Gasteiger partial charge in [0, 0.05) is 18.8 Å². The lowest BCUT2D eigenvalue weighted by Gasteiger charge is -2.19. The van der Waals surface area contributed by atoms with Crippen LogP contribution in [0, 0.1) is 0 Å². The third kappa shape index (κ3) is 3.58. The van der Waals surface area contributed by atoms with Gasteiger partial charge >= 0.3 is 0 Å². The fourth-order valence-electron chi connectivity index (χ4n) is 2.77. The first-order valence-corrected chi connectivity index (χ1v) is 9.58. The van der Waals surface area contributed by atoms with Crippen LogP contribution in [0.4, 0.5) is 17.2 Å². The Morgan fingerprint density at radius 3 is 2.60 bits per heavy atom. The second-order valence-electron chi connectivity index (χ2n) is 5.73. The van der Waals surface area contributed by atoms with Crippen molar-refractivity contribution in [2.24, 2.45) is 0 Å². The third-order valence-electron chi connectivity index (χ3n) is 4.10. The molecule has 25 heavy (non-hydrogen) atoms. The highest BCUT2D eigenvalue weighted by Crippen LogP contribution is 2.27. The van der Waals surface area contributed by atoms with Gasteiger partial charge in [-0.2, -0.15) is 0 Å². The monoisotopic (exact) mass is 360 g/mol. The Kier molecular flexibility index (Phi) is 4.63. The number of amides is 1.